The van der Waals surface area contributed by atoms with Gasteiger partial charge in [0.25, 0.3) is 0 Å². The van der Waals surface area contributed by atoms with Crippen molar-refractivity contribution in [1.82, 2.24) is 15.4 Å². The molecule has 0 bridgehead atoms. The summed E-state index contributed by atoms with van der Waals surface area (Å²) in [6.07, 6.45) is 0. The Kier molecular flexibility index (Phi) is 3.42. The molecule has 1 rings (SSSR count). The molecule has 1 aromatic heterocycles. The highest BCUT2D eigenvalue weighted by Gasteiger charge is 2.12. The molecule has 12 heavy (non-hydrogen) atoms. The van der Waals surface area contributed by atoms with Crippen molar-refractivity contribution in [3.63, 3.8) is 0 Å². The third-order valence-corrected chi connectivity index (χ3v) is 2.90. The van der Waals surface area contributed by atoms with Gasteiger partial charge in [-0.3, -0.25) is 13.7 Å². The zero-order valence-electron chi connectivity index (χ0n) is 5.41. The first-order valence-corrected chi connectivity index (χ1v) is 5.00. The number of hydrogen-bond donors (Lipinski definition) is 0. The van der Waals surface area contributed by atoms with Crippen LogP contribution in [0.1, 0.15) is 0 Å². The van der Waals surface area contributed by atoms with Crippen LogP contribution in [0, 0.1) is 0 Å². The Labute approximate surface area is 71.4 Å². The summed E-state index contributed by atoms with van der Waals surface area (Å²) in [5, 5.41) is 9.91. The van der Waals surface area contributed by atoms with E-state index >= 15 is 0 Å². The summed E-state index contributed by atoms with van der Waals surface area (Å²) in [7, 11) is -1.27. The Morgan fingerprint density at radius 2 is 1.33 bits per heavy atom. The number of hydrogen-bond acceptors (Lipinski definition) is 6. The second-order valence-corrected chi connectivity index (χ2v) is 3.40. The van der Waals surface area contributed by atoms with E-state index in [4.69, 9.17) is 0 Å². The Morgan fingerprint density at radius 3 is 1.67 bits per heavy atom. The number of aromatic nitrogens is 3. The average molecular weight is 219 g/mol. The van der Waals surface area contributed by atoms with Gasteiger partial charge in [0.15, 0.2) is 19.3 Å². The molecule has 0 aromatic carbocycles. The summed E-state index contributed by atoms with van der Waals surface area (Å²) in [5.74, 6) is 0. The lowest BCUT2D eigenvalue weighted by Gasteiger charge is -1.91. The molecule has 0 saturated heterocycles. The van der Waals surface area contributed by atoms with E-state index in [0.29, 0.717) is 0 Å². The maximum atomic E-state index is 10.5. The van der Waals surface area contributed by atoms with Crippen LogP contribution in [0.2, 0.25) is 0 Å². The Balaban J connectivity index is 3.40. The Hall–Kier alpha value is -0.690. The highest BCUT2D eigenvalue weighted by Crippen LogP contribution is 1.98. The molecule has 0 amide bonds. The highest BCUT2D eigenvalue weighted by molar-refractivity contribution is 7.46. The maximum Gasteiger partial charge on any atom is 0.216 e. The van der Waals surface area contributed by atoms with E-state index in [0.717, 1.165) is 0 Å². The largest absolute Gasteiger partial charge is 0.269 e. The van der Waals surface area contributed by atoms with Crippen LogP contribution in [0.4, 0.5) is 0 Å². The Morgan fingerprint density at radius 1 is 0.833 bits per heavy atom. The van der Waals surface area contributed by atoms with Gasteiger partial charge in [-0.2, -0.15) is 0 Å². The van der Waals surface area contributed by atoms with Crippen LogP contribution in [0.3, 0.4) is 0 Å². The number of rotatable bonds is 3. The summed E-state index contributed by atoms with van der Waals surface area (Å²) in [4.78, 5) is 0. The van der Waals surface area contributed by atoms with E-state index in [1.54, 1.807) is 0 Å². The van der Waals surface area contributed by atoms with E-state index in [2.05, 4.69) is 15.4 Å². The van der Waals surface area contributed by atoms with Crippen LogP contribution in [0.25, 0.3) is 0 Å². The van der Waals surface area contributed by atoms with Gasteiger partial charge in [-0.1, -0.05) is 0 Å². The summed E-state index contributed by atoms with van der Waals surface area (Å²) in [6, 6.07) is 0. The van der Waals surface area contributed by atoms with Crippen LogP contribution in [0.15, 0.2) is 0 Å². The van der Waals surface area contributed by atoms with E-state index in [9.17, 15) is 13.7 Å². The van der Waals surface area contributed by atoms with E-state index in [1.807, 2.05) is 0 Å². The smallest absolute Gasteiger partial charge is 0.216 e. The second kappa shape index (κ2) is 4.36. The molecule has 0 aliphatic heterocycles. The first kappa shape index (κ1) is 9.40. The summed E-state index contributed by atoms with van der Waals surface area (Å²) in [6.45, 7) is 0. The van der Waals surface area contributed by atoms with Crippen LogP contribution in [0.5, 0.6) is 0 Å². The lowest BCUT2D eigenvalue weighted by atomic mass is 10.7. The highest BCUT2D eigenvalue weighted by atomic mass is 31.1. The SMILES string of the molecule is O=Pc1nnnc(P=O)c1P=O. The van der Waals surface area contributed by atoms with Gasteiger partial charge in [-0.15, -0.1) is 10.2 Å². The molecule has 0 aliphatic carbocycles. The third-order valence-electron chi connectivity index (χ3n) is 0.967. The van der Waals surface area contributed by atoms with Crippen LogP contribution >= 0.6 is 25.4 Å². The molecule has 1 heterocycles. The van der Waals surface area contributed by atoms with Gasteiger partial charge >= 0.3 is 0 Å². The normalized spacial score (nSPS) is 11.0. The van der Waals surface area contributed by atoms with E-state index in [1.165, 1.54) is 0 Å². The van der Waals surface area contributed by atoms with Crippen LogP contribution < -0.4 is 16.2 Å². The topological polar surface area (TPSA) is 89.9 Å². The van der Waals surface area contributed by atoms with Crippen molar-refractivity contribution in [2.45, 2.75) is 0 Å². The molecule has 0 spiro atoms. The van der Waals surface area contributed by atoms with Gasteiger partial charge in [0.05, 0.1) is 0 Å². The second-order valence-electron chi connectivity index (χ2n) is 1.56. The van der Waals surface area contributed by atoms with Crippen molar-refractivity contribution in [3.05, 3.63) is 0 Å². The first-order chi connectivity index (χ1) is 5.83. The van der Waals surface area contributed by atoms with Gasteiger partial charge in [0.1, 0.15) is 5.30 Å². The molecule has 0 saturated carbocycles. The zero-order chi connectivity index (χ0) is 8.97. The molecule has 0 unspecified atom stereocenters. The molecular weight excluding hydrogens is 219 g/mol. The lowest BCUT2D eigenvalue weighted by Crippen LogP contribution is -2.32. The van der Waals surface area contributed by atoms with E-state index in [-0.39, 0.29) is 16.2 Å². The first-order valence-electron chi connectivity index (χ1n) is 2.57. The quantitative estimate of drug-likeness (QED) is 0.643. The number of nitrogens with zero attached hydrogens (tertiary/aromatic N) is 3. The zero-order valence-corrected chi connectivity index (χ0v) is 8.09. The molecule has 0 radical (unpaired) electrons. The lowest BCUT2D eigenvalue weighted by molar-refractivity contribution is 0.599. The van der Waals surface area contributed by atoms with Crippen molar-refractivity contribution in [3.8, 4) is 0 Å². The summed E-state index contributed by atoms with van der Waals surface area (Å²) >= 11 is 0. The van der Waals surface area contributed by atoms with Crippen LogP contribution in [-0.2, 0) is 13.7 Å². The van der Waals surface area contributed by atoms with Gasteiger partial charge in [0, 0.05) is 0 Å². The van der Waals surface area contributed by atoms with Crippen molar-refractivity contribution in [1.29, 1.82) is 0 Å². The van der Waals surface area contributed by atoms with Crippen LogP contribution in [-0.4, -0.2) is 15.4 Å². The van der Waals surface area contributed by atoms with Crippen molar-refractivity contribution in [2.24, 2.45) is 0 Å². The van der Waals surface area contributed by atoms with Crippen molar-refractivity contribution in [2.75, 3.05) is 0 Å². The molecule has 0 aliphatic rings. The molecule has 1 aromatic rings. The van der Waals surface area contributed by atoms with Crippen molar-refractivity contribution >= 4 is 41.6 Å². The predicted octanol–water partition coefficient (Wildman–Crippen LogP) is -0.377. The van der Waals surface area contributed by atoms with Crippen molar-refractivity contribution < 1.29 is 13.7 Å². The molecule has 6 nitrogen and oxygen atoms in total. The summed E-state index contributed by atoms with van der Waals surface area (Å²) in [5.41, 5.74) is -0.0277. The van der Waals surface area contributed by atoms with Gasteiger partial charge < -0.3 is 0 Å². The molecule has 0 atom stereocenters. The van der Waals surface area contributed by atoms with E-state index < -0.39 is 25.4 Å². The predicted molar refractivity (Wildman–Crippen MR) is 41.5 cm³/mol. The van der Waals surface area contributed by atoms with Gasteiger partial charge in [0.2, 0.25) is 16.9 Å². The minimum Gasteiger partial charge on any atom is -0.269 e. The summed E-state index contributed by atoms with van der Waals surface area (Å²) < 4.78 is 31.2. The molecule has 0 N–H and O–H groups in total. The minimum absolute atomic E-state index is 0.0139. The Bertz CT molecular complexity index is 317. The molecule has 9 heteroatoms. The fourth-order valence-corrected chi connectivity index (χ4v) is 1.88. The molecular formula is C3N3O3P3. The fraction of sp³-hybridized carbons (Fsp3) is 0. The van der Waals surface area contributed by atoms with Gasteiger partial charge in [-0.25, -0.2) is 0 Å². The van der Waals surface area contributed by atoms with Gasteiger partial charge in [-0.05, 0) is 5.21 Å². The fourth-order valence-electron chi connectivity index (χ4n) is 0.506. The average Bonchev–Trinajstić information content (AvgIpc) is 2.16. The maximum absolute atomic E-state index is 10.5. The standard InChI is InChI=1S/C3N3O3P3/c7-10-1-2(11-8)4-6-5-3(1)12-9. The third kappa shape index (κ3) is 1.72. The minimum atomic E-state index is -0.423. The molecule has 60 valence electrons. The monoisotopic (exact) mass is 219 g/mol. The molecule has 0 fully saturated rings.